The molecular weight excluding hydrogens is 282 g/mol. The second-order valence-electron chi connectivity index (χ2n) is 4.62. The van der Waals surface area contributed by atoms with Gasteiger partial charge >= 0.3 is 0 Å². The fourth-order valence-electron chi connectivity index (χ4n) is 2.42. The number of nitrogens with zero attached hydrogens (tertiary/aromatic N) is 5. The van der Waals surface area contributed by atoms with Crippen LogP contribution in [0.2, 0.25) is 5.28 Å². The third-order valence-electron chi connectivity index (χ3n) is 3.47. The number of ether oxygens (including phenoxy) is 1. The first kappa shape index (κ1) is 13.5. The van der Waals surface area contributed by atoms with Crippen LogP contribution < -0.4 is 4.90 Å². The number of aromatic nitrogens is 4. The van der Waals surface area contributed by atoms with Crippen LogP contribution in [0.4, 0.5) is 5.82 Å². The molecule has 0 bridgehead atoms. The first-order chi connectivity index (χ1) is 9.74. The van der Waals surface area contributed by atoms with Gasteiger partial charge in [0.1, 0.15) is 0 Å². The van der Waals surface area contributed by atoms with E-state index in [9.17, 15) is 5.11 Å². The second-order valence-corrected chi connectivity index (χ2v) is 4.96. The number of aliphatic hydroxyl groups is 1. The molecule has 1 saturated heterocycles. The van der Waals surface area contributed by atoms with E-state index in [0.717, 1.165) is 6.54 Å². The predicted octanol–water partition coefficient (Wildman–Crippen LogP) is 0.697. The SMILES string of the molecule is CCn1cnc2c(N3CCOCC3CO)nc(Cl)nc21. The van der Waals surface area contributed by atoms with Crippen molar-refractivity contribution in [2.75, 3.05) is 31.3 Å². The first-order valence-corrected chi connectivity index (χ1v) is 6.96. The van der Waals surface area contributed by atoms with Crippen LogP contribution in [-0.2, 0) is 11.3 Å². The lowest BCUT2D eigenvalue weighted by atomic mass is 10.2. The van der Waals surface area contributed by atoms with Crippen molar-refractivity contribution in [2.24, 2.45) is 0 Å². The number of aryl methyl sites for hydroxylation is 1. The summed E-state index contributed by atoms with van der Waals surface area (Å²) in [6, 6.07) is -0.135. The fourth-order valence-corrected chi connectivity index (χ4v) is 2.58. The zero-order valence-corrected chi connectivity index (χ0v) is 11.9. The van der Waals surface area contributed by atoms with Crippen LogP contribution in [0.3, 0.4) is 0 Å². The molecule has 0 radical (unpaired) electrons. The van der Waals surface area contributed by atoms with E-state index >= 15 is 0 Å². The maximum atomic E-state index is 9.49. The van der Waals surface area contributed by atoms with E-state index in [1.54, 1.807) is 6.33 Å². The van der Waals surface area contributed by atoms with Crippen LogP contribution in [0.25, 0.3) is 11.2 Å². The van der Waals surface area contributed by atoms with Crippen molar-refractivity contribution in [3.63, 3.8) is 0 Å². The van der Waals surface area contributed by atoms with Crippen molar-refractivity contribution in [1.29, 1.82) is 0 Å². The minimum absolute atomic E-state index is 0.00238. The van der Waals surface area contributed by atoms with Crippen LogP contribution in [-0.4, -0.2) is 57.0 Å². The Morgan fingerprint density at radius 1 is 1.50 bits per heavy atom. The van der Waals surface area contributed by atoms with Crippen molar-refractivity contribution in [3.05, 3.63) is 11.6 Å². The summed E-state index contributed by atoms with van der Waals surface area (Å²) in [5.41, 5.74) is 1.42. The maximum absolute atomic E-state index is 9.49. The van der Waals surface area contributed by atoms with Gasteiger partial charge in [0.05, 0.1) is 32.2 Å². The third-order valence-corrected chi connectivity index (χ3v) is 3.64. The molecule has 8 heteroatoms. The number of imidazole rings is 1. The Kier molecular flexibility index (Phi) is 3.73. The summed E-state index contributed by atoms with van der Waals surface area (Å²) in [6.45, 7) is 4.48. The normalized spacial score (nSPS) is 19.8. The van der Waals surface area contributed by atoms with E-state index in [-0.39, 0.29) is 17.9 Å². The Morgan fingerprint density at radius 3 is 3.10 bits per heavy atom. The molecule has 1 atom stereocenters. The zero-order chi connectivity index (χ0) is 14.1. The van der Waals surface area contributed by atoms with Crippen molar-refractivity contribution < 1.29 is 9.84 Å². The number of hydrogen-bond donors (Lipinski definition) is 1. The maximum Gasteiger partial charge on any atom is 0.226 e. The van der Waals surface area contributed by atoms with Gasteiger partial charge < -0.3 is 19.3 Å². The molecule has 1 unspecified atom stereocenters. The van der Waals surface area contributed by atoms with Gasteiger partial charge in [-0.15, -0.1) is 0 Å². The highest BCUT2D eigenvalue weighted by Crippen LogP contribution is 2.26. The Labute approximate surface area is 121 Å². The Morgan fingerprint density at radius 2 is 2.35 bits per heavy atom. The molecule has 7 nitrogen and oxygen atoms in total. The Hall–Kier alpha value is -1.44. The molecule has 1 aliphatic heterocycles. The number of anilines is 1. The third kappa shape index (κ3) is 2.21. The number of hydrogen-bond acceptors (Lipinski definition) is 6. The van der Waals surface area contributed by atoms with Gasteiger partial charge in [-0.2, -0.15) is 9.97 Å². The molecule has 108 valence electrons. The smallest absolute Gasteiger partial charge is 0.226 e. The van der Waals surface area contributed by atoms with Crippen LogP contribution in [0, 0.1) is 0 Å². The summed E-state index contributed by atoms with van der Waals surface area (Å²) in [5.74, 6) is 0.662. The summed E-state index contributed by atoms with van der Waals surface area (Å²) in [4.78, 5) is 14.9. The van der Waals surface area contributed by atoms with E-state index in [1.165, 1.54) is 0 Å². The highest BCUT2D eigenvalue weighted by atomic mass is 35.5. The van der Waals surface area contributed by atoms with Crippen molar-refractivity contribution in [2.45, 2.75) is 19.5 Å². The van der Waals surface area contributed by atoms with Crippen molar-refractivity contribution in [1.82, 2.24) is 19.5 Å². The van der Waals surface area contributed by atoms with E-state index in [4.69, 9.17) is 16.3 Å². The minimum Gasteiger partial charge on any atom is -0.394 e. The van der Waals surface area contributed by atoms with Crippen LogP contribution in [0.1, 0.15) is 6.92 Å². The van der Waals surface area contributed by atoms with Gasteiger partial charge in [0.25, 0.3) is 0 Å². The van der Waals surface area contributed by atoms with Crippen molar-refractivity contribution >= 4 is 28.6 Å². The van der Waals surface area contributed by atoms with E-state index in [0.29, 0.717) is 36.7 Å². The van der Waals surface area contributed by atoms with Gasteiger partial charge in [0.15, 0.2) is 17.0 Å². The van der Waals surface area contributed by atoms with Gasteiger partial charge in [-0.05, 0) is 18.5 Å². The monoisotopic (exact) mass is 297 g/mol. The number of aliphatic hydroxyl groups excluding tert-OH is 1. The van der Waals surface area contributed by atoms with E-state index in [1.807, 2.05) is 16.4 Å². The van der Waals surface area contributed by atoms with Crippen LogP contribution >= 0.6 is 11.6 Å². The van der Waals surface area contributed by atoms with Gasteiger partial charge in [0, 0.05) is 13.1 Å². The molecule has 0 amide bonds. The molecule has 0 aromatic carbocycles. The number of halogens is 1. The van der Waals surface area contributed by atoms with Gasteiger partial charge in [0.2, 0.25) is 5.28 Å². The number of fused-ring (bicyclic) bond motifs is 1. The lowest BCUT2D eigenvalue weighted by Gasteiger charge is -2.35. The number of morpholine rings is 1. The average Bonchev–Trinajstić information content (AvgIpc) is 2.89. The van der Waals surface area contributed by atoms with Gasteiger partial charge in [-0.3, -0.25) is 0 Å². The molecule has 3 rings (SSSR count). The van der Waals surface area contributed by atoms with Crippen LogP contribution in [0.5, 0.6) is 0 Å². The molecular formula is C12H16ClN5O2. The molecule has 2 aromatic rings. The zero-order valence-electron chi connectivity index (χ0n) is 11.2. The van der Waals surface area contributed by atoms with Crippen LogP contribution in [0.15, 0.2) is 6.33 Å². The molecule has 0 aliphatic carbocycles. The van der Waals surface area contributed by atoms with E-state index < -0.39 is 0 Å². The molecule has 1 fully saturated rings. The summed E-state index contributed by atoms with van der Waals surface area (Å²) in [7, 11) is 0. The molecule has 1 N–H and O–H groups in total. The van der Waals surface area contributed by atoms with E-state index in [2.05, 4.69) is 15.0 Å². The summed E-state index contributed by atoms with van der Waals surface area (Å²) in [5, 5.41) is 9.68. The first-order valence-electron chi connectivity index (χ1n) is 6.58. The molecule has 0 spiro atoms. The topological polar surface area (TPSA) is 76.3 Å². The Balaban J connectivity index is 2.12. The molecule has 1 aliphatic rings. The lowest BCUT2D eigenvalue weighted by molar-refractivity contribution is 0.0724. The summed E-state index contributed by atoms with van der Waals surface area (Å²) >= 11 is 6.04. The summed E-state index contributed by atoms with van der Waals surface area (Å²) in [6.07, 6.45) is 1.73. The average molecular weight is 298 g/mol. The molecule has 20 heavy (non-hydrogen) atoms. The standard InChI is InChI=1S/C12H16ClN5O2/c1-2-17-7-14-9-10(17)15-12(13)16-11(9)18-3-4-20-6-8(18)5-19/h7-8,19H,2-6H2,1H3. The Bertz CT molecular complexity index is 617. The number of rotatable bonds is 3. The van der Waals surface area contributed by atoms with Gasteiger partial charge in [-0.25, -0.2) is 4.98 Å². The van der Waals surface area contributed by atoms with Crippen molar-refractivity contribution in [3.8, 4) is 0 Å². The minimum atomic E-state index is -0.135. The predicted molar refractivity (Wildman–Crippen MR) is 75.0 cm³/mol. The lowest BCUT2D eigenvalue weighted by Crippen LogP contribution is -2.48. The fraction of sp³-hybridized carbons (Fsp3) is 0.583. The molecule has 3 heterocycles. The largest absolute Gasteiger partial charge is 0.394 e. The molecule has 0 saturated carbocycles. The summed E-state index contributed by atoms with van der Waals surface area (Å²) < 4.78 is 7.31. The molecule has 2 aromatic heterocycles. The second kappa shape index (κ2) is 5.51. The quantitative estimate of drug-likeness (QED) is 0.840. The highest BCUT2D eigenvalue weighted by Gasteiger charge is 2.27. The highest BCUT2D eigenvalue weighted by molar-refractivity contribution is 6.28. The van der Waals surface area contributed by atoms with Gasteiger partial charge in [-0.1, -0.05) is 0 Å².